The molecule has 2 N–H and O–H groups in total. The molecule has 146 valence electrons. The highest BCUT2D eigenvalue weighted by Crippen LogP contribution is 2.35. The van der Waals surface area contributed by atoms with Crippen molar-refractivity contribution in [2.75, 3.05) is 27.2 Å². The minimum atomic E-state index is -3.66. The zero-order chi connectivity index (χ0) is 19.6. The van der Waals surface area contributed by atoms with Crippen LogP contribution in [0.4, 0.5) is 0 Å². The van der Waals surface area contributed by atoms with Crippen molar-refractivity contribution in [3.8, 4) is 0 Å². The lowest BCUT2D eigenvalue weighted by Gasteiger charge is -2.37. The predicted molar refractivity (Wildman–Crippen MR) is 107 cm³/mol. The van der Waals surface area contributed by atoms with Crippen LogP contribution in [0.3, 0.4) is 0 Å². The Bertz CT molecular complexity index is 894. The molecule has 1 aromatic carbocycles. The van der Waals surface area contributed by atoms with Gasteiger partial charge in [-0.1, -0.05) is 30.3 Å². The number of nitrogens with two attached hydrogens (primary N) is 1. The number of rotatable bonds is 5. The van der Waals surface area contributed by atoms with Gasteiger partial charge in [0, 0.05) is 38.6 Å². The molecule has 2 unspecified atom stereocenters. The van der Waals surface area contributed by atoms with E-state index in [0.29, 0.717) is 19.5 Å². The highest BCUT2D eigenvalue weighted by atomic mass is 32.2. The van der Waals surface area contributed by atoms with Crippen molar-refractivity contribution in [1.82, 2.24) is 9.21 Å². The molecule has 2 aromatic rings. The maximum atomic E-state index is 13.2. The van der Waals surface area contributed by atoms with E-state index in [9.17, 15) is 13.2 Å². The molecule has 1 aliphatic rings. The van der Waals surface area contributed by atoms with Gasteiger partial charge in [-0.05, 0) is 30.0 Å². The summed E-state index contributed by atoms with van der Waals surface area (Å²) >= 11 is 1.20. The lowest BCUT2D eigenvalue weighted by atomic mass is 9.85. The van der Waals surface area contributed by atoms with E-state index in [1.807, 2.05) is 30.3 Å². The van der Waals surface area contributed by atoms with Crippen LogP contribution in [0.25, 0.3) is 0 Å². The van der Waals surface area contributed by atoms with E-state index in [2.05, 4.69) is 0 Å². The third-order valence-electron chi connectivity index (χ3n) is 4.91. The van der Waals surface area contributed by atoms with Crippen molar-refractivity contribution >= 4 is 27.3 Å². The average Bonchev–Trinajstić information content (AvgIpc) is 3.17. The molecule has 8 heteroatoms. The smallest absolute Gasteiger partial charge is 0.252 e. The summed E-state index contributed by atoms with van der Waals surface area (Å²) in [7, 11) is -0.242. The summed E-state index contributed by atoms with van der Waals surface area (Å²) in [5, 5.41) is 0. The number of hydrogen-bond acceptors (Lipinski definition) is 5. The Morgan fingerprint density at radius 3 is 2.48 bits per heavy atom. The minimum absolute atomic E-state index is 0.0161. The van der Waals surface area contributed by atoms with Crippen LogP contribution < -0.4 is 5.73 Å². The zero-order valence-electron chi connectivity index (χ0n) is 15.5. The Hall–Kier alpha value is -1.74. The first-order chi connectivity index (χ1) is 12.8. The molecule has 1 fully saturated rings. The molecule has 0 saturated carbocycles. The molecule has 0 bridgehead atoms. The van der Waals surface area contributed by atoms with Gasteiger partial charge in [0.05, 0.1) is 5.92 Å². The van der Waals surface area contributed by atoms with Gasteiger partial charge in [0.1, 0.15) is 4.21 Å². The van der Waals surface area contributed by atoms with Crippen LogP contribution in [0.5, 0.6) is 0 Å². The number of piperidine rings is 1. The Balaban J connectivity index is 1.94. The van der Waals surface area contributed by atoms with Gasteiger partial charge in [0.25, 0.3) is 10.0 Å². The molecule has 1 saturated heterocycles. The van der Waals surface area contributed by atoms with Crippen molar-refractivity contribution in [1.29, 1.82) is 0 Å². The van der Waals surface area contributed by atoms with Crippen LogP contribution in [-0.4, -0.2) is 50.7 Å². The third kappa shape index (κ3) is 4.24. The van der Waals surface area contributed by atoms with Crippen LogP contribution in [0.2, 0.25) is 0 Å². The number of hydrogen-bond donors (Lipinski definition) is 1. The summed E-state index contributed by atoms with van der Waals surface area (Å²) in [4.78, 5) is 15.0. The van der Waals surface area contributed by atoms with Crippen LogP contribution in [0.1, 0.15) is 22.8 Å². The van der Waals surface area contributed by atoms with E-state index in [1.165, 1.54) is 15.6 Å². The fourth-order valence-corrected chi connectivity index (χ4v) is 6.42. The minimum Gasteiger partial charge on any atom is -0.349 e. The van der Waals surface area contributed by atoms with E-state index in [1.54, 1.807) is 31.1 Å². The van der Waals surface area contributed by atoms with Crippen molar-refractivity contribution < 1.29 is 13.2 Å². The maximum Gasteiger partial charge on any atom is 0.252 e. The third-order valence-corrected chi connectivity index (χ3v) is 8.32. The normalized spacial score (nSPS) is 21.1. The number of sulfonamides is 1. The topological polar surface area (TPSA) is 83.7 Å². The molecular weight excluding hydrogens is 382 g/mol. The standard InChI is InChI=1S/C19H25N3O3S2/c1-21(2)19(23)16-10-15(14-6-4-3-5-7-14)12-22(13-16)27(24,25)18-9-8-17(11-20)26-18/h3-9,15-16H,10-13,20H2,1-2H3. The van der Waals surface area contributed by atoms with Gasteiger partial charge in [0.15, 0.2) is 0 Å². The second kappa shape index (κ2) is 8.10. The van der Waals surface area contributed by atoms with Gasteiger partial charge in [0.2, 0.25) is 5.91 Å². The first-order valence-electron chi connectivity index (χ1n) is 8.88. The molecule has 0 aliphatic carbocycles. The van der Waals surface area contributed by atoms with E-state index in [4.69, 9.17) is 5.73 Å². The summed E-state index contributed by atoms with van der Waals surface area (Å²) in [6.45, 7) is 0.895. The van der Waals surface area contributed by atoms with Gasteiger partial charge < -0.3 is 10.6 Å². The first kappa shape index (κ1) is 20.0. The number of amides is 1. The lowest BCUT2D eigenvalue weighted by Crippen LogP contribution is -2.47. The number of nitrogens with zero attached hydrogens (tertiary/aromatic N) is 2. The first-order valence-corrected chi connectivity index (χ1v) is 11.1. The molecule has 6 nitrogen and oxygen atoms in total. The van der Waals surface area contributed by atoms with Crippen molar-refractivity contribution in [3.05, 3.63) is 52.9 Å². The quantitative estimate of drug-likeness (QED) is 0.823. The van der Waals surface area contributed by atoms with E-state index >= 15 is 0 Å². The highest BCUT2D eigenvalue weighted by molar-refractivity contribution is 7.91. The van der Waals surface area contributed by atoms with Gasteiger partial charge in [-0.15, -0.1) is 11.3 Å². The van der Waals surface area contributed by atoms with Gasteiger partial charge >= 0.3 is 0 Å². The number of carbonyl (C=O) groups is 1. The van der Waals surface area contributed by atoms with Crippen LogP contribution in [-0.2, 0) is 21.4 Å². The molecule has 0 spiro atoms. The summed E-state index contributed by atoms with van der Waals surface area (Å²) in [5.74, 6) is -0.412. The molecule has 2 heterocycles. The summed E-state index contributed by atoms with van der Waals surface area (Å²) in [6, 6.07) is 13.2. The maximum absolute atomic E-state index is 13.2. The van der Waals surface area contributed by atoms with E-state index < -0.39 is 10.0 Å². The number of benzene rings is 1. The predicted octanol–water partition coefficient (Wildman–Crippen LogP) is 2.09. The lowest BCUT2D eigenvalue weighted by molar-refractivity contribution is -0.134. The van der Waals surface area contributed by atoms with Gasteiger partial charge in [-0.25, -0.2) is 8.42 Å². The summed E-state index contributed by atoms with van der Waals surface area (Å²) in [5.41, 5.74) is 6.69. The van der Waals surface area contributed by atoms with Crippen LogP contribution in [0.15, 0.2) is 46.7 Å². The Morgan fingerprint density at radius 2 is 1.89 bits per heavy atom. The monoisotopic (exact) mass is 407 g/mol. The molecule has 1 aromatic heterocycles. The van der Waals surface area contributed by atoms with E-state index in [0.717, 1.165) is 10.4 Å². The molecule has 3 rings (SSSR count). The number of carbonyl (C=O) groups excluding carboxylic acids is 1. The molecule has 1 aliphatic heterocycles. The Morgan fingerprint density at radius 1 is 1.19 bits per heavy atom. The SMILES string of the molecule is CN(C)C(=O)C1CC(c2ccccc2)CN(S(=O)(=O)c2ccc(CN)s2)C1. The van der Waals surface area contributed by atoms with Crippen molar-refractivity contribution in [3.63, 3.8) is 0 Å². The second-order valence-corrected chi connectivity index (χ2v) is 10.4. The van der Waals surface area contributed by atoms with Crippen LogP contribution >= 0.6 is 11.3 Å². The Kier molecular flexibility index (Phi) is 6.00. The van der Waals surface area contributed by atoms with Gasteiger partial charge in [-0.3, -0.25) is 4.79 Å². The van der Waals surface area contributed by atoms with E-state index in [-0.39, 0.29) is 28.5 Å². The average molecular weight is 408 g/mol. The van der Waals surface area contributed by atoms with Gasteiger partial charge in [-0.2, -0.15) is 4.31 Å². The molecule has 27 heavy (non-hydrogen) atoms. The van der Waals surface area contributed by atoms with Crippen molar-refractivity contribution in [2.24, 2.45) is 11.7 Å². The molecule has 0 radical (unpaired) electrons. The summed E-state index contributed by atoms with van der Waals surface area (Å²) in [6.07, 6.45) is 0.644. The summed E-state index contributed by atoms with van der Waals surface area (Å²) < 4.78 is 28.2. The fourth-order valence-electron chi connectivity index (χ4n) is 3.50. The van der Waals surface area contributed by atoms with Crippen LogP contribution in [0, 0.1) is 5.92 Å². The highest BCUT2D eigenvalue weighted by Gasteiger charge is 2.39. The zero-order valence-corrected chi connectivity index (χ0v) is 17.2. The fraction of sp³-hybridized carbons (Fsp3) is 0.421. The number of thiophene rings is 1. The largest absolute Gasteiger partial charge is 0.349 e. The second-order valence-electron chi connectivity index (χ2n) is 7.02. The molecule has 2 atom stereocenters. The molecule has 1 amide bonds. The van der Waals surface area contributed by atoms with Crippen molar-refractivity contribution in [2.45, 2.75) is 23.1 Å². The molecular formula is C19H25N3O3S2. The Labute approximate surface area is 164 Å².